The highest BCUT2D eigenvalue weighted by molar-refractivity contribution is 5.81. The molecule has 1 aromatic carbocycles. The van der Waals surface area contributed by atoms with Crippen molar-refractivity contribution >= 4 is 11.9 Å². The molecule has 2 aliphatic heterocycles. The van der Waals surface area contributed by atoms with Crippen molar-refractivity contribution in [2.45, 2.75) is 51.6 Å². The first-order chi connectivity index (χ1) is 12.5. The summed E-state index contributed by atoms with van der Waals surface area (Å²) in [6, 6.07) is 7.80. The Hall–Kier alpha value is -1.88. The number of carbonyl (C=O) groups excluding carboxylic acids is 1. The average molecular weight is 356 g/mol. The number of likely N-dealkylation sites (tertiary alicyclic amines) is 2. The third kappa shape index (κ3) is 3.37. The SMILES string of the molecule is Cc1ccccc1CN1CC2(CCN(C(=O)C3CC3)CC2)CC1C(=O)O. The van der Waals surface area contributed by atoms with Crippen molar-refractivity contribution < 1.29 is 14.7 Å². The Bertz CT molecular complexity index is 705. The van der Waals surface area contributed by atoms with Crippen LogP contribution in [0.4, 0.5) is 0 Å². The van der Waals surface area contributed by atoms with Gasteiger partial charge in [-0.3, -0.25) is 14.5 Å². The van der Waals surface area contributed by atoms with Crippen molar-refractivity contribution in [2.75, 3.05) is 19.6 Å². The summed E-state index contributed by atoms with van der Waals surface area (Å²) in [4.78, 5) is 28.3. The molecule has 1 aromatic rings. The third-order valence-electron chi connectivity index (χ3n) is 6.59. The number of carbonyl (C=O) groups is 2. The van der Waals surface area contributed by atoms with E-state index in [1.54, 1.807) is 0 Å². The first-order valence-electron chi connectivity index (χ1n) is 9.78. The van der Waals surface area contributed by atoms with Gasteiger partial charge in [-0.05, 0) is 55.6 Å². The number of aliphatic carboxylic acids is 1. The average Bonchev–Trinajstić information content (AvgIpc) is 3.41. The number of carboxylic acids is 1. The van der Waals surface area contributed by atoms with Gasteiger partial charge in [-0.25, -0.2) is 0 Å². The van der Waals surface area contributed by atoms with Gasteiger partial charge < -0.3 is 10.0 Å². The first-order valence-corrected chi connectivity index (χ1v) is 9.78. The zero-order valence-corrected chi connectivity index (χ0v) is 15.5. The zero-order valence-electron chi connectivity index (χ0n) is 15.5. The van der Waals surface area contributed by atoms with E-state index in [-0.39, 0.29) is 11.3 Å². The molecular formula is C21H28N2O3. The van der Waals surface area contributed by atoms with Gasteiger partial charge in [0.25, 0.3) is 0 Å². The lowest BCUT2D eigenvalue weighted by Crippen LogP contribution is -2.44. The monoisotopic (exact) mass is 356 g/mol. The van der Waals surface area contributed by atoms with Crippen molar-refractivity contribution in [1.82, 2.24) is 9.80 Å². The van der Waals surface area contributed by atoms with Gasteiger partial charge >= 0.3 is 5.97 Å². The normalized spacial score (nSPS) is 25.6. The molecule has 1 saturated carbocycles. The number of benzene rings is 1. The molecule has 0 bridgehead atoms. The maximum atomic E-state index is 12.3. The van der Waals surface area contributed by atoms with Crippen LogP contribution in [-0.2, 0) is 16.1 Å². The molecule has 1 N–H and O–H groups in total. The fraction of sp³-hybridized carbons (Fsp3) is 0.619. The largest absolute Gasteiger partial charge is 0.480 e. The lowest BCUT2D eigenvalue weighted by Gasteiger charge is -2.39. The van der Waals surface area contributed by atoms with Crippen LogP contribution in [0.25, 0.3) is 0 Å². The number of aryl methyl sites for hydroxylation is 1. The second-order valence-corrected chi connectivity index (χ2v) is 8.49. The van der Waals surface area contributed by atoms with Crippen molar-refractivity contribution in [3.63, 3.8) is 0 Å². The molecule has 140 valence electrons. The minimum absolute atomic E-state index is 0.0477. The Labute approximate surface area is 155 Å². The van der Waals surface area contributed by atoms with Crippen LogP contribution < -0.4 is 0 Å². The van der Waals surface area contributed by atoms with E-state index in [1.807, 2.05) is 17.0 Å². The number of rotatable bonds is 4. The Morgan fingerprint density at radius 3 is 2.50 bits per heavy atom. The Morgan fingerprint density at radius 2 is 1.88 bits per heavy atom. The van der Waals surface area contributed by atoms with E-state index in [0.717, 1.165) is 45.3 Å². The fourth-order valence-electron chi connectivity index (χ4n) is 4.71. The van der Waals surface area contributed by atoms with E-state index in [2.05, 4.69) is 24.0 Å². The molecule has 26 heavy (non-hydrogen) atoms. The molecular weight excluding hydrogens is 328 g/mol. The standard InChI is InChI=1S/C21H28N2O3/c1-15-4-2-3-5-17(15)13-23-14-21(12-18(23)20(25)26)8-10-22(11-9-21)19(24)16-6-7-16/h2-5,16,18H,6-14H2,1H3,(H,25,26). The number of amides is 1. The molecule has 4 rings (SSSR count). The lowest BCUT2D eigenvalue weighted by atomic mass is 9.76. The van der Waals surface area contributed by atoms with E-state index >= 15 is 0 Å². The summed E-state index contributed by atoms with van der Waals surface area (Å²) < 4.78 is 0. The quantitative estimate of drug-likeness (QED) is 0.901. The van der Waals surface area contributed by atoms with Crippen LogP contribution in [0, 0.1) is 18.3 Å². The van der Waals surface area contributed by atoms with E-state index in [0.29, 0.717) is 18.9 Å². The van der Waals surface area contributed by atoms with Crippen molar-refractivity contribution in [3.05, 3.63) is 35.4 Å². The Balaban J connectivity index is 1.45. The molecule has 1 unspecified atom stereocenters. The molecule has 2 saturated heterocycles. The molecule has 5 nitrogen and oxygen atoms in total. The van der Waals surface area contributed by atoms with E-state index in [9.17, 15) is 14.7 Å². The van der Waals surface area contributed by atoms with Crippen LogP contribution in [0.3, 0.4) is 0 Å². The number of hydrogen-bond acceptors (Lipinski definition) is 3. The van der Waals surface area contributed by atoms with Crippen LogP contribution >= 0.6 is 0 Å². The number of carboxylic acid groups (broad SMARTS) is 1. The van der Waals surface area contributed by atoms with Gasteiger partial charge in [0.15, 0.2) is 0 Å². The molecule has 3 aliphatic rings. The summed E-state index contributed by atoms with van der Waals surface area (Å²) in [7, 11) is 0. The van der Waals surface area contributed by atoms with E-state index in [1.165, 1.54) is 11.1 Å². The lowest BCUT2D eigenvalue weighted by molar-refractivity contribution is -0.142. The number of hydrogen-bond donors (Lipinski definition) is 1. The number of nitrogens with zero attached hydrogens (tertiary/aromatic N) is 2. The summed E-state index contributed by atoms with van der Waals surface area (Å²) in [5.41, 5.74) is 2.46. The first kappa shape index (κ1) is 17.5. The van der Waals surface area contributed by atoms with Gasteiger partial charge in [-0.2, -0.15) is 0 Å². The maximum Gasteiger partial charge on any atom is 0.320 e. The van der Waals surface area contributed by atoms with Gasteiger partial charge in [-0.15, -0.1) is 0 Å². The van der Waals surface area contributed by atoms with Crippen LogP contribution in [-0.4, -0.2) is 52.5 Å². The molecule has 0 aromatic heterocycles. The van der Waals surface area contributed by atoms with Crippen molar-refractivity contribution in [2.24, 2.45) is 11.3 Å². The summed E-state index contributed by atoms with van der Waals surface area (Å²) in [5, 5.41) is 9.76. The second kappa shape index (κ2) is 6.69. The molecule has 1 atom stereocenters. The molecule has 2 heterocycles. The molecule has 1 spiro atoms. The summed E-state index contributed by atoms with van der Waals surface area (Å²) >= 11 is 0. The van der Waals surface area contributed by atoms with Crippen LogP contribution in [0.15, 0.2) is 24.3 Å². The van der Waals surface area contributed by atoms with Gasteiger partial charge in [0.1, 0.15) is 6.04 Å². The van der Waals surface area contributed by atoms with Crippen molar-refractivity contribution in [3.8, 4) is 0 Å². The Kier molecular flexibility index (Phi) is 4.51. The smallest absolute Gasteiger partial charge is 0.320 e. The summed E-state index contributed by atoms with van der Waals surface area (Å²) in [5.74, 6) is -0.117. The fourth-order valence-corrected chi connectivity index (χ4v) is 4.71. The molecule has 1 amide bonds. The molecule has 3 fully saturated rings. The van der Waals surface area contributed by atoms with Gasteiger partial charge in [0.2, 0.25) is 5.91 Å². The maximum absolute atomic E-state index is 12.3. The third-order valence-corrected chi connectivity index (χ3v) is 6.59. The van der Waals surface area contributed by atoms with E-state index in [4.69, 9.17) is 0 Å². The number of piperidine rings is 1. The second-order valence-electron chi connectivity index (χ2n) is 8.49. The highest BCUT2D eigenvalue weighted by Gasteiger charge is 2.49. The Morgan fingerprint density at radius 1 is 1.19 bits per heavy atom. The predicted octanol–water partition coefficient (Wildman–Crippen LogP) is 2.67. The molecule has 5 heteroatoms. The van der Waals surface area contributed by atoms with Crippen molar-refractivity contribution in [1.29, 1.82) is 0 Å². The molecule has 0 radical (unpaired) electrons. The highest BCUT2D eigenvalue weighted by Crippen LogP contribution is 2.45. The predicted molar refractivity (Wildman–Crippen MR) is 98.6 cm³/mol. The topological polar surface area (TPSA) is 60.9 Å². The van der Waals surface area contributed by atoms with E-state index < -0.39 is 12.0 Å². The summed E-state index contributed by atoms with van der Waals surface area (Å²) in [6.45, 7) is 5.18. The molecule has 1 aliphatic carbocycles. The van der Waals surface area contributed by atoms with Crippen LogP contribution in [0.2, 0.25) is 0 Å². The van der Waals surface area contributed by atoms with Gasteiger partial charge in [-0.1, -0.05) is 24.3 Å². The zero-order chi connectivity index (χ0) is 18.3. The minimum Gasteiger partial charge on any atom is -0.480 e. The van der Waals surface area contributed by atoms with Gasteiger partial charge in [0, 0.05) is 32.1 Å². The van der Waals surface area contributed by atoms with Crippen LogP contribution in [0.1, 0.15) is 43.2 Å². The minimum atomic E-state index is -0.716. The van der Waals surface area contributed by atoms with Crippen LogP contribution in [0.5, 0.6) is 0 Å². The summed E-state index contributed by atoms with van der Waals surface area (Å²) in [6.07, 6.45) is 4.66. The van der Waals surface area contributed by atoms with Gasteiger partial charge in [0.05, 0.1) is 0 Å². The highest BCUT2D eigenvalue weighted by atomic mass is 16.4.